The molecule has 3 aromatic carbocycles. The van der Waals surface area contributed by atoms with Crippen molar-refractivity contribution in [1.82, 2.24) is 4.57 Å². The molecule has 0 spiro atoms. The first-order valence-corrected chi connectivity index (χ1v) is 12.9. The zero-order valence-electron chi connectivity index (χ0n) is 20.5. The Bertz CT molecular complexity index is 1490. The van der Waals surface area contributed by atoms with E-state index >= 15 is 0 Å². The van der Waals surface area contributed by atoms with Crippen LogP contribution in [0.2, 0.25) is 0 Å². The van der Waals surface area contributed by atoms with Gasteiger partial charge in [0.1, 0.15) is 0 Å². The number of rotatable bonds is 4. The minimum absolute atomic E-state index is 0.331. The van der Waals surface area contributed by atoms with Gasteiger partial charge in [0.2, 0.25) is 0 Å². The summed E-state index contributed by atoms with van der Waals surface area (Å²) < 4.78 is 14.7. The molecule has 3 nitrogen and oxygen atoms in total. The summed E-state index contributed by atoms with van der Waals surface area (Å²) in [6.45, 7) is 8.34. The fourth-order valence-electron chi connectivity index (χ4n) is 4.64. The molecule has 0 unspecified atom stereocenters. The van der Waals surface area contributed by atoms with Gasteiger partial charge >= 0.3 is 7.12 Å². The summed E-state index contributed by atoms with van der Waals surface area (Å²) >= 11 is 1.79. The lowest BCUT2D eigenvalue weighted by atomic mass is 9.79. The maximum Gasteiger partial charge on any atom is 0.494 e. The number of fused-ring (bicyclic) bond motifs is 3. The molecule has 5 aromatic rings. The summed E-state index contributed by atoms with van der Waals surface area (Å²) in [7, 11) is -0.331. The number of para-hydroxylation sites is 2. The van der Waals surface area contributed by atoms with Crippen LogP contribution in [0.4, 0.5) is 0 Å². The van der Waals surface area contributed by atoms with Crippen LogP contribution in [0.25, 0.3) is 44.5 Å². The second-order valence-corrected chi connectivity index (χ2v) is 11.2. The first kappa shape index (κ1) is 22.4. The molecule has 174 valence electrons. The van der Waals surface area contributed by atoms with Gasteiger partial charge < -0.3 is 13.9 Å². The monoisotopic (exact) mass is 477 g/mol. The number of nitrogens with zero attached hydrogens (tertiary/aromatic N) is 1. The quantitative estimate of drug-likeness (QED) is 0.251. The van der Waals surface area contributed by atoms with Crippen LogP contribution in [0.1, 0.15) is 32.6 Å². The first-order valence-electron chi connectivity index (χ1n) is 12.0. The third-order valence-electron chi connectivity index (χ3n) is 7.35. The molecule has 0 atom stereocenters. The lowest BCUT2D eigenvalue weighted by Gasteiger charge is -2.32. The lowest BCUT2D eigenvalue weighted by molar-refractivity contribution is 0.00578. The topological polar surface area (TPSA) is 23.4 Å². The normalized spacial score (nSPS) is 17.2. The minimum atomic E-state index is -0.332. The molecule has 1 aliphatic rings. The standard InChI is InChI=1S/C30H28BNO2S/c1-29(2)30(3,4)34-31(33-29)22-15-13-21(14-16-22)28-18-17-23(35-28)19-20-32-26-11-7-5-9-24(26)25-10-6-8-12-27(25)32/h5-20H,1-4H3/b20-19+. The highest BCUT2D eigenvalue weighted by atomic mass is 32.1. The van der Waals surface area contributed by atoms with Crippen molar-refractivity contribution in [3.05, 3.63) is 89.8 Å². The zero-order valence-corrected chi connectivity index (χ0v) is 21.3. The Labute approximate surface area is 210 Å². The van der Waals surface area contributed by atoms with Crippen molar-refractivity contribution in [3.63, 3.8) is 0 Å². The van der Waals surface area contributed by atoms with E-state index in [-0.39, 0.29) is 18.3 Å². The van der Waals surface area contributed by atoms with Crippen LogP contribution in [-0.4, -0.2) is 22.9 Å². The van der Waals surface area contributed by atoms with Crippen molar-refractivity contribution in [2.75, 3.05) is 0 Å². The average molecular weight is 477 g/mol. The smallest absolute Gasteiger partial charge is 0.399 e. The second-order valence-electron chi connectivity index (χ2n) is 10.1. The lowest BCUT2D eigenvalue weighted by Crippen LogP contribution is -2.41. The Morgan fingerprint density at radius 2 is 1.29 bits per heavy atom. The molecule has 3 heterocycles. The fraction of sp³-hybridized carbons (Fsp3) is 0.200. The van der Waals surface area contributed by atoms with Crippen molar-refractivity contribution < 1.29 is 9.31 Å². The molecule has 1 saturated heterocycles. The van der Waals surface area contributed by atoms with Crippen LogP contribution in [0, 0.1) is 0 Å². The molecule has 1 aliphatic heterocycles. The molecule has 0 saturated carbocycles. The number of thiophene rings is 1. The predicted molar refractivity (Wildman–Crippen MR) is 150 cm³/mol. The molecule has 0 bridgehead atoms. The van der Waals surface area contributed by atoms with E-state index in [4.69, 9.17) is 9.31 Å². The Morgan fingerprint density at radius 3 is 1.89 bits per heavy atom. The Kier molecular flexibility index (Phi) is 5.26. The second kappa shape index (κ2) is 8.23. The van der Waals surface area contributed by atoms with Gasteiger partial charge in [-0.1, -0.05) is 60.7 Å². The van der Waals surface area contributed by atoms with E-state index in [9.17, 15) is 0 Å². The van der Waals surface area contributed by atoms with E-state index in [2.05, 4.69) is 129 Å². The number of aromatic nitrogens is 1. The van der Waals surface area contributed by atoms with Gasteiger partial charge in [-0.15, -0.1) is 11.3 Å². The summed E-state index contributed by atoms with van der Waals surface area (Å²) in [4.78, 5) is 2.46. The summed E-state index contributed by atoms with van der Waals surface area (Å²) in [6.07, 6.45) is 4.38. The van der Waals surface area contributed by atoms with Crippen molar-refractivity contribution in [1.29, 1.82) is 0 Å². The Hall–Kier alpha value is -3.12. The summed E-state index contributed by atoms with van der Waals surface area (Å²) in [5, 5.41) is 2.56. The van der Waals surface area contributed by atoms with Crippen LogP contribution >= 0.6 is 11.3 Å². The van der Waals surface area contributed by atoms with E-state index in [1.807, 2.05) is 0 Å². The van der Waals surface area contributed by atoms with Crippen LogP contribution in [-0.2, 0) is 9.31 Å². The van der Waals surface area contributed by atoms with E-state index < -0.39 is 0 Å². The molecule has 6 rings (SSSR count). The third-order valence-corrected chi connectivity index (χ3v) is 8.45. The number of benzene rings is 3. The van der Waals surface area contributed by atoms with Gasteiger partial charge in [0, 0.05) is 26.7 Å². The van der Waals surface area contributed by atoms with Crippen molar-refractivity contribution >= 4 is 58.0 Å². The van der Waals surface area contributed by atoms with Gasteiger partial charge in [0.25, 0.3) is 0 Å². The van der Waals surface area contributed by atoms with Gasteiger partial charge in [-0.05, 0) is 69.1 Å². The van der Waals surface area contributed by atoms with Gasteiger partial charge in [-0.25, -0.2) is 0 Å². The van der Waals surface area contributed by atoms with Crippen LogP contribution < -0.4 is 5.46 Å². The Morgan fingerprint density at radius 1 is 0.714 bits per heavy atom. The fourth-order valence-corrected chi connectivity index (χ4v) is 5.55. The highest BCUT2D eigenvalue weighted by Gasteiger charge is 2.51. The molecule has 5 heteroatoms. The molecule has 2 aromatic heterocycles. The Balaban J connectivity index is 1.25. The predicted octanol–water partition coefficient (Wildman–Crippen LogP) is 7.45. The molecule has 0 N–H and O–H groups in total. The molecule has 0 radical (unpaired) electrons. The van der Waals surface area contributed by atoms with E-state index in [0.717, 1.165) is 5.46 Å². The number of hydrogen-bond donors (Lipinski definition) is 0. The third kappa shape index (κ3) is 3.84. The van der Waals surface area contributed by atoms with E-state index in [0.29, 0.717) is 0 Å². The SMILES string of the molecule is CC1(C)OB(c2ccc(-c3ccc(/C=C/n4c5ccccc5c5ccccc54)s3)cc2)OC1(C)C. The van der Waals surface area contributed by atoms with Gasteiger partial charge in [0.05, 0.1) is 22.2 Å². The van der Waals surface area contributed by atoms with Crippen molar-refractivity contribution in [2.45, 2.75) is 38.9 Å². The van der Waals surface area contributed by atoms with Gasteiger partial charge in [0.15, 0.2) is 0 Å². The summed E-state index contributed by atoms with van der Waals surface area (Å²) in [5.41, 5.74) is 4.03. The maximum atomic E-state index is 6.20. The van der Waals surface area contributed by atoms with Gasteiger partial charge in [-0.2, -0.15) is 0 Å². The number of hydrogen-bond acceptors (Lipinski definition) is 3. The highest BCUT2D eigenvalue weighted by Crippen LogP contribution is 2.37. The zero-order chi connectivity index (χ0) is 24.2. The van der Waals surface area contributed by atoms with Crippen LogP contribution in [0.15, 0.2) is 84.9 Å². The van der Waals surface area contributed by atoms with Crippen LogP contribution in [0.5, 0.6) is 0 Å². The molecule has 35 heavy (non-hydrogen) atoms. The van der Waals surface area contributed by atoms with Crippen molar-refractivity contribution in [3.8, 4) is 10.4 Å². The largest absolute Gasteiger partial charge is 0.494 e. The maximum absolute atomic E-state index is 6.20. The molecule has 1 fully saturated rings. The van der Waals surface area contributed by atoms with E-state index in [1.54, 1.807) is 11.3 Å². The highest BCUT2D eigenvalue weighted by molar-refractivity contribution is 7.16. The molecular formula is C30H28BNO2S. The summed E-state index contributed by atoms with van der Waals surface area (Å²) in [6, 6.07) is 30.1. The first-order chi connectivity index (χ1) is 16.8. The molecule has 0 amide bonds. The van der Waals surface area contributed by atoms with E-state index in [1.165, 1.54) is 37.1 Å². The average Bonchev–Trinajstić information content (AvgIpc) is 3.51. The minimum Gasteiger partial charge on any atom is -0.399 e. The van der Waals surface area contributed by atoms with Crippen molar-refractivity contribution in [2.24, 2.45) is 0 Å². The molecular weight excluding hydrogens is 449 g/mol. The molecule has 0 aliphatic carbocycles. The van der Waals surface area contributed by atoms with Gasteiger partial charge in [-0.3, -0.25) is 0 Å². The van der Waals surface area contributed by atoms with Crippen LogP contribution in [0.3, 0.4) is 0 Å². The summed E-state index contributed by atoms with van der Waals surface area (Å²) in [5.74, 6) is 0.